The van der Waals surface area contributed by atoms with Crippen molar-refractivity contribution >= 4 is 17.5 Å². The Morgan fingerprint density at radius 1 is 1.04 bits per heavy atom. The van der Waals surface area contributed by atoms with Crippen LogP contribution in [-0.2, 0) is 11.8 Å². The monoisotopic (exact) mass is 334 g/mol. The van der Waals surface area contributed by atoms with Gasteiger partial charge in [-0.05, 0) is 36.4 Å². The van der Waals surface area contributed by atoms with Gasteiger partial charge in [0.05, 0.1) is 6.54 Å². The van der Waals surface area contributed by atoms with Crippen molar-refractivity contribution in [1.82, 2.24) is 14.9 Å². The number of hydrogen-bond acceptors (Lipinski definition) is 3. The third-order valence-corrected chi connectivity index (χ3v) is 3.69. The molecule has 3 rings (SSSR count). The number of carbonyl (C=O) groups excluding carboxylic acids is 2. The van der Waals surface area contributed by atoms with E-state index in [0.717, 1.165) is 11.4 Å². The summed E-state index contributed by atoms with van der Waals surface area (Å²) >= 11 is 0. The number of aryl methyl sites for hydroxylation is 1. The number of benzene rings is 2. The molecule has 0 bridgehead atoms. The van der Waals surface area contributed by atoms with Crippen molar-refractivity contribution in [3.05, 3.63) is 72.6 Å². The standard InChI is InChI=1S/C19H18N4O2/c1-23-12-11-20-18(23)14-7-9-16(10-8-14)22-17(24)13-21-19(25)15-5-3-2-4-6-15/h2-12H,13H2,1H3,(H,21,25)(H,22,24). The van der Waals surface area contributed by atoms with E-state index in [-0.39, 0.29) is 18.4 Å². The largest absolute Gasteiger partial charge is 0.343 e. The molecule has 1 aromatic heterocycles. The van der Waals surface area contributed by atoms with Gasteiger partial charge in [-0.2, -0.15) is 0 Å². The topological polar surface area (TPSA) is 76.0 Å². The molecule has 0 fully saturated rings. The van der Waals surface area contributed by atoms with Gasteiger partial charge in [0.25, 0.3) is 5.91 Å². The zero-order valence-corrected chi connectivity index (χ0v) is 13.8. The minimum atomic E-state index is -0.283. The van der Waals surface area contributed by atoms with Gasteiger partial charge >= 0.3 is 0 Å². The lowest BCUT2D eigenvalue weighted by molar-refractivity contribution is -0.115. The van der Waals surface area contributed by atoms with E-state index in [1.165, 1.54) is 0 Å². The van der Waals surface area contributed by atoms with Crippen LogP contribution >= 0.6 is 0 Å². The van der Waals surface area contributed by atoms with Crippen molar-refractivity contribution in [3.63, 3.8) is 0 Å². The molecule has 3 aromatic rings. The van der Waals surface area contributed by atoms with Crippen LogP contribution in [-0.4, -0.2) is 27.9 Å². The molecule has 0 aliphatic carbocycles. The molecule has 2 N–H and O–H groups in total. The van der Waals surface area contributed by atoms with Gasteiger partial charge in [0, 0.05) is 36.3 Å². The molecule has 0 radical (unpaired) electrons. The van der Waals surface area contributed by atoms with E-state index >= 15 is 0 Å². The van der Waals surface area contributed by atoms with Gasteiger partial charge in [-0.15, -0.1) is 0 Å². The second-order valence-corrected chi connectivity index (χ2v) is 5.54. The maximum Gasteiger partial charge on any atom is 0.251 e. The summed E-state index contributed by atoms with van der Waals surface area (Å²) in [7, 11) is 1.92. The first-order valence-corrected chi connectivity index (χ1v) is 7.84. The highest BCUT2D eigenvalue weighted by atomic mass is 16.2. The molecule has 1 heterocycles. The first-order chi connectivity index (χ1) is 12.1. The fourth-order valence-electron chi connectivity index (χ4n) is 2.40. The van der Waals surface area contributed by atoms with E-state index in [4.69, 9.17) is 0 Å². The van der Waals surface area contributed by atoms with Gasteiger partial charge in [-0.3, -0.25) is 9.59 Å². The summed E-state index contributed by atoms with van der Waals surface area (Å²) in [5, 5.41) is 5.35. The maximum atomic E-state index is 12.0. The van der Waals surface area contributed by atoms with Crippen LogP contribution in [0.4, 0.5) is 5.69 Å². The number of anilines is 1. The average Bonchev–Trinajstić information content (AvgIpc) is 3.07. The molecule has 6 heteroatoms. The van der Waals surface area contributed by atoms with Crippen LogP contribution in [0, 0.1) is 0 Å². The van der Waals surface area contributed by atoms with Crippen molar-refractivity contribution in [1.29, 1.82) is 0 Å². The molecule has 126 valence electrons. The third-order valence-electron chi connectivity index (χ3n) is 3.69. The smallest absolute Gasteiger partial charge is 0.251 e. The highest BCUT2D eigenvalue weighted by molar-refractivity contribution is 5.99. The Morgan fingerprint density at radius 2 is 1.76 bits per heavy atom. The number of imidazole rings is 1. The van der Waals surface area contributed by atoms with Crippen LogP contribution in [0.2, 0.25) is 0 Å². The maximum absolute atomic E-state index is 12.0. The van der Waals surface area contributed by atoms with E-state index in [9.17, 15) is 9.59 Å². The lowest BCUT2D eigenvalue weighted by Crippen LogP contribution is -2.32. The molecular formula is C19H18N4O2. The Balaban J connectivity index is 1.55. The molecule has 2 aromatic carbocycles. The number of carbonyl (C=O) groups is 2. The summed E-state index contributed by atoms with van der Waals surface area (Å²) < 4.78 is 1.92. The minimum absolute atomic E-state index is 0.0884. The summed E-state index contributed by atoms with van der Waals surface area (Å²) in [6.45, 7) is -0.0884. The number of rotatable bonds is 5. The van der Waals surface area contributed by atoms with E-state index in [0.29, 0.717) is 11.3 Å². The average molecular weight is 334 g/mol. The molecule has 0 atom stereocenters. The van der Waals surface area contributed by atoms with Crippen molar-refractivity contribution in [2.45, 2.75) is 0 Å². The Labute approximate surface area is 145 Å². The van der Waals surface area contributed by atoms with Gasteiger partial charge in [-0.25, -0.2) is 4.98 Å². The Kier molecular flexibility index (Phi) is 4.89. The molecule has 0 unspecified atom stereocenters. The minimum Gasteiger partial charge on any atom is -0.343 e. The van der Waals surface area contributed by atoms with Crippen molar-refractivity contribution in [2.75, 3.05) is 11.9 Å². The second-order valence-electron chi connectivity index (χ2n) is 5.54. The molecule has 0 aliphatic heterocycles. The van der Waals surface area contributed by atoms with Crippen molar-refractivity contribution in [3.8, 4) is 11.4 Å². The summed E-state index contributed by atoms with van der Waals surface area (Å²) in [4.78, 5) is 28.2. The normalized spacial score (nSPS) is 10.3. The lowest BCUT2D eigenvalue weighted by atomic mass is 10.2. The number of amides is 2. The fourth-order valence-corrected chi connectivity index (χ4v) is 2.40. The van der Waals surface area contributed by atoms with Gasteiger partial charge < -0.3 is 15.2 Å². The summed E-state index contributed by atoms with van der Waals surface area (Å²) in [6, 6.07) is 16.2. The van der Waals surface area contributed by atoms with Crippen LogP contribution < -0.4 is 10.6 Å². The highest BCUT2D eigenvalue weighted by Crippen LogP contribution is 2.19. The van der Waals surface area contributed by atoms with E-state index in [1.54, 1.807) is 42.6 Å². The van der Waals surface area contributed by atoms with E-state index in [1.807, 2.05) is 36.0 Å². The third kappa shape index (κ3) is 4.11. The molecular weight excluding hydrogens is 316 g/mol. The van der Waals surface area contributed by atoms with Gasteiger partial charge in [0.1, 0.15) is 5.82 Å². The predicted molar refractivity (Wildman–Crippen MR) is 96.0 cm³/mol. The molecule has 0 saturated carbocycles. The first-order valence-electron chi connectivity index (χ1n) is 7.84. The zero-order valence-electron chi connectivity index (χ0n) is 13.8. The SMILES string of the molecule is Cn1ccnc1-c1ccc(NC(=O)CNC(=O)c2ccccc2)cc1. The van der Waals surface area contributed by atoms with Crippen LogP contribution in [0.25, 0.3) is 11.4 Å². The summed E-state index contributed by atoms with van der Waals surface area (Å²) in [6.07, 6.45) is 3.61. The lowest BCUT2D eigenvalue weighted by Gasteiger charge is -2.08. The number of hydrogen-bond donors (Lipinski definition) is 2. The van der Waals surface area contributed by atoms with Crippen molar-refractivity contribution < 1.29 is 9.59 Å². The zero-order chi connectivity index (χ0) is 17.6. The van der Waals surface area contributed by atoms with E-state index in [2.05, 4.69) is 15.6 Å². The van der Waals surface area contributed by atoms with Crippen LogP contribution in [0.3, 0.4) is 0 Å². The molecule has 0 saturated heterocycles. The fraction of sp³-hybridized carbons (Fsp3) is 0.105. The summed E-state index contributed by atoms with van der Waals surface area (Å²) in [5.74, 6) is 0.294. The van der Waals surface area contributed by atoms with Gasteiger partial charge in [0.15, 0.2) is 0 Å². The first kappa shape index (κ1) is 16.4. The number of nitrogens with zero attached hydrogens (tertiary/aromatic N) is 2. The number of aromatic nitrogens is 2. The Morgan fingerprint density at radius 3 is 2.40 bits per heavy atom. The highest BCUT2D eigenvalue weighted by Gasteiger charge is 2.08. The van der Waals surface area contributed by atoms with Gasteiger partial charge in [0.2, 0.25) is 5.91 Å². The number of nitrogens with one attached hydrogen (secondary N) is 2. The molecule has 0 aliphatic rings. The van der Waals surface area contributed by atoms with Crippen LogP contribution in [0.5, 0.6) is 0 Å². The Bertz CT molecular complexity index is 870. The molecule has 0 spiro atoms. The quantitative estimate of drug-likeness (QED) is 0.752. The van der Waals surface area contributed by atoms with Crippen molar-refractivity contribution in [2.24, 2.45) is 7.05 Å². The molecule has 6 nitrogen and oxygen atoms in total. The molecule has 2 amide bonds. The van der Waals surface area contributed by atoms with E-state index < -0.39 is 0 Å². The second kappa shape index (κ2) is 7.44. The predicted octanol–water partition coefficient (Wildman–Crippen LogP) is 2.46. The molecule has 25 heavy (non-hydrogen) atoms. The summed E-state index contributed by atoms with van der Waals surface area (Å²) in [5.41, 5.74) is 2.15. The van der Waals surface area contributed by atoms with Crippen LogP contribution in [0.1, 0.15) is 10.4 Å². The van der Waals surface area contributed by atoms with Crippen LogP contribution in [0.15, 0.2) is 67.0 Å². The Hall–Kier alpha value is -3.41. The van der Waals surface area contributed by atoms with Gasteiger partial charge in [-0.1, -0.05) is 18.2 Å².